The van der Waals surface area contributed by atoms with Gasteiger partial charge in [0, 0.05) is 0 Å². The first-order valence-electron chi connectivity index (χ1n) is 3.54. The molecule has 0 bridgehead atoms. The van der Waals surface area contributed by atoms with Gasteiger partial charge in [-0.2, -0.15) is 0 Å². The lowest BCUT2D eigenvalue weighted by Gasteiger charge is -2.00. The Balaban J connectivity index is 2.06. The maximum absolute atomic E-state index is 3.82. The fourth-order valence-electron chi connectivity index (χ4n) is 2.04. The van der Waals surface area contributed by atoms with Crippen LogP contribution in [0.15, 0.2) is 12.7 Å². The summed E-state index contributed by atoms with van der Waals surface area (Å²) < 4.78 is 0. The molecule has 44 valence electrons. The first kappa shape index (κ1) is 4.60. The highest BCUT2D eigenvalue weighted by Crippen LogP contribution is 2.55. The summed E-state index contributed by atoms with van der Waals surface area (Å²) in [5.74, 6) is 3.10. The van der Waals surface area contributed by atoms with E-state index in [0.29, 0.717) is 0 Å². The molecule has 2 rings (SSSR count). The summed E-state index contributed by atoms with van der Waals surface area (Å²) in [5.41, 5.74) is 0. The lowest BCUT2D eigenvalue weighted by atomic mass is 10.0. The Bertz CT molecular complexity index is 115. The number of hydrogen-bond donors (Lipinski definition) is 0. The molecule has 8 heavy (non-hydrogen) atoms. The molecule has 0 radical (unpaired) electrons. The summed E-state index contributed by atoms with van der Waals surface area (Å²) >= 11 is 0. The van der Waals surface area contributed by atoms with Crippen molar-refractivity contribution in [3.63, 3.8) is 0 Å². The largest absolute Gasteiger partial charge is 0.103 e. The number of allylic oxidation sites excluding steroid dienone is 1. The van der Waals surface area contributed by atoms with Crippen molar-refractivity contribution in [2.45, 2.75) is 19.3 Å². The molecule has 2 unspecified atom stereocenters. The van der Waals surface area contributed by atoms with Gasteiger partial charge in [-0.25, -0.2) is 0 Å². The smallest absolute Gasteiger partial charge is 0.0205 e. The van der Waals surface area contributed by atoms with Crippen molar-refractivity contribution in [3.05, 3.63) is 12.7 Å². The molecular weight excluding hydrogens is 96.1 g/mol. The van der Waals surface area contributed by atoms with E-state index in [1.54, 1.807) is 0 Å². The van der Waals surface area contributed by atoms with E-state index in [0.717, 1.165) is 17.8 Å². The predicted octanol–water partition coefficient (Wildman–Crippen LogP) is 2.22. The van der Waals surface area contributed by atoms with Crippen molar-refractivity contribution in [1.82, 2.24) is 0 Å². The van der Waals surface area contributed by atoms with Gasteiger partial charge in [0.05, 0.1) is 0 Å². The second-order valence-electron chi connectivity index (χ2n) is 3.14. The molecule has 2 aliphatic rings. The Hall–Kier alpha value is -0.260. The van der Waals surface area contributed by atoms with Crippen LogP contribution in [0.25, 0.3) is 0 Å². The van der Waals surface area contributed by atoms with Gasteiger partial charge < -0.3 is 0 Å². The highest BCUT2D eigenvalue weighted by atomic mass is 14.5. The fourth-order valence-corrected chi connectivity index (χ4v) is 2.04. The van der Waals surface area contributed by atoms with Crippen molar-refractivity contribution in [3.8, 4) is 0 Å². The van der Waals surface area contributed by atoms with Crippen LogP contribution >= 0.6 is 0 Å². The van der Waals surface area contributed by atoms with Crippen molar-refractivity contribution in [1.29, 1.82) is 0 Å². The first-order chi connectivity index (χ1) is 3.92. The van der Waals surface area contributed by atoms with Crippen molar-refractivity contribution >= 4 is 0 Å². The van der Waals surface area contributed by atoms with Crippen LogP contribution in [0, 0.1) is 17.8 Å². The zero-order valence-electron chi connectivity index (χ0n) is 5.14. The molecule has 0 N–H and O–H groups in total. The monoisotopic (exact) mass is 108 g/mol. The average molecular weight is 108 g/mol. The topological polar surface area (TPSA) is 0 Å². The third-order valence-electron chi connectivity index (χ3n) is 2.70. The molecule has 0 aromatic heterocycles. The standard InChI is InChI=1S/C8H12/c1-2-6-3-4-7-5-8(6)7/h2,6-8H,1,3-5H2/t6-,7?,8?/m0/s1. The lowest BCUT2D eigenvalue weighted by Crippen LogP contribution is -1.90. The Labute approximate surface area is 50.6 Å². The van der Waals surface area contributed by atoms with Crippen LogP contribution in [0.3, 0.4) is 0 Å². The van der Waals surface area contributed by atoms with Gasteiger partial charge in [-0.15, -0.1) is 6.58 Å². The Morgan fingerprint density at radius 3 is 2.50 bits per heavy atom. The molecule has 3 atom stereocenters. The second-order valence-corrected chi connectivity index (χ2v) is 3.14. The highest BCUT2D eigenvalue weighted by Gasteiger charge is 2.46. The summed E-state index contributed by atoms with van der Waals surface area (Å²) in [4.78, 5) is 0. The van der Waals surface area contributed by atoms with Crippen LogP contribution in [0.4, 0.5) is 0 Å². The molecule has 0 heteroatoms. The van der Waals surface area contributed by atoms with Gasteiger partial charge in [0.1, 0.15) is 0 Å². The summed E-state index contributed by atoms with van der Waals surface area (Å²) in [6.07, 6.45) is 6.58. The fraction of sp³-hybridized carbons (Fsp3) is 0.750. The van der Waals surface area contributed by atoms with E-state index < -0.39 is 0 Å². The molecule has 2 aliphatic carbocycles. The van der Waals surface area contributed by atoms with Crippen LogP contribution in [0.1, 0.15) is 19.3 Å². The molecule has 0 aromatic carbocycles. The summed E-state index contributed by atoms with van der Waals surface area (Å²) in [6, 6.07) is 0. The quantitative estimate of drug-likeness (QED) is 0.452. The molecule has 0 saturated heterocycles. The van der Waals surface area contributed by atoms with Crippen LogP contribution in [0.2, 0.25) is 0 Å². The normalized spacial score (nSPS) is 50.8. The van der Waals surface area contributed by atoms with Gasteiger partial charge in [0.2, 0.25) is 0 Å². The van der Waals surface area contributed by atoms with Gasteiger partial charge in [-0.1, -0.05) is 6.08 Å². The SMILES string of the molecule is C=C[C@H]1CCC2CC21. The maximum Gasteiger partial charge on any atom is -0.0205 e. The Kier molecular flexibility index (Phi) is 0.787. The summed E-state index contributed by atoms with van der Waals surface area (Å²) in [6.45, 7) is 3.82. The van der Waals surface area contributed by atoms with E-state index in [1.165, 1.54) is 19.3 Å². The van der Waals surface area contributed by atoms with E-state index in [1.807, 2.05) is 0 Å². The molecule has 2 fully saturated rings. The van der Waals surface area contributed by atoms with Crippen molar-refractivity contribution < 1.29 is 0 Å². The number of rotatable bonds is 1. The maximum atomic E-state index is 3.82. The molecule has 0 spiro atoms. The lowest BCUT2D eigenvalue weighted by molar-refractivity contribution is 0.592. The van der Waals surface area contributed by atoms with Gasteiger partial charge in [-0.3, -0.25) is 0 Å². The molecule has 0 aliphatic heterocycles. The van der Waals surface area contributed by atoms with E-state index in [4.69, 9.17) is 0 Å². The van der Waals surface area contributed by atoms with Crippen molar-refractivity contribution in [2.24, 2.45) is 17.8 Å². The van der Waals surface area contributed by atoms with E-state index >= 15 is 0 Å². The minimum atomic E-state index is 0.903. The van der Waals surface area contributed by atoms with Crippen LogP contribution in [0.5, 0.6) is 0 Å². The third-order valence-corrected chi connectivity index (χ3v) is 2.70. The number of hydrogen-bond acceptors (Lipinski definition) is 0. The Morgan fingerprint density at radius 1 is 1.38 bits per heavy atom. The van der Waals surface area contributed by atoms with Gasteiger partial charge >= 0.3 is 0 Å². The molecule has 0 heterocycles. The molecular formula is C8H12. The van der Waals surface area contributed by atoms with E-state index in [-0.39, 0.29) is 0 Å². The molecule has 0 aromatic rings. The third kappa shape index (κ3) is 0.460. The first-order valence-corrected chi connectivity index (χ1v) is 3.54. The van der Waals surface area contributed by atoms with Gasteiger partial charge in [-0.05, 0) is 37.0 Å². The minimum absolute atomic E-state index is 0.903. The van der Waals surface area contributed by atoms with Crippen molar-refractivity contribution in [2.75, 3.05) is 0 Å². The van der Waals surface area contributed by atoms with E-state index in [2.05, 4.69) is 12.7 Å². The summed E-state index contributed by atoms with van der Waals surface area (Å²) in [5, 5.41) is 0. The number of fused-ring (bicyclic) bond motifs is 1. The van der Waals surface area contributed by atoms with Crippen LogP contribution in [-0.4, -0.2) is 0 Å². The zero-order valence-corrected chi connectivity index (χ0v) is 5.14. The predicted molar refractivity (Wildman–Crippen MR) is 34.5 cm³/mol. The molecule has 0 nitrogen and oxygen atoms in total. The minimum Gasteiger partial charge on any atom is -0.103 e. The average Bonchev–Trinajstić information content (AvgIpc) is 2.46. The summed E-state index contributed by atoms with van der Waals surface area (Å²) in [7, 11) is 0. The second kappa shape index (κ2) is 1.37. The van der Waals surface area contributed by atoms with Crippen LogP contribution in [-0.2, 0) is 0 Å². The zero-order chi connectivity index (χ0) is 5.56. The van der Waals surface area contributed by atoms with Crippen LogP contribution < -0.4 is 0 Å². The van der Waals surface area contributed by atoms with Gasteiger partial charge in [0.15, 0.2) is 0 Å². The molecule has 0 amide bonds. The van der Waals surface area contributed by atoms with Gasteiger partial charge in [0.25, 0.3) is 0 Å². The Morgan fingerprint density at radius 2 is 2.25 bits per heavy atom. The highest BCUT2D eigenvalue weighted by molar-refractivity contribution is 5.03. The molecule has 2 saturated carbocycles. The van der Waals surface area contributed by atoms with E-state index in [9.17, 15) is 0 Å².